The highest BCUT2D eigenvalue weighted by molar-refractivity contribution is 7.91. The van der Waals surface area contributed by atoms with Gasteiger partial charge >= 0.3 is 12.5 Å². The zero-order chi connectivity index (χ0) is 25.0. The van der Waals surface area contributed by atoms with Crippen molar-refractivity contribution in [2.45, 2.75) is 27.9 Å². The van der Waals surface area contributed by atoms with Gasteiger partial charge in [-0.1, -0.05) is 0 Å². The molecular weight excluding hydrogens is 491 g/mol. The van der Waals surface area contributed by atoms with Crippen LogP contribution in [-0.4, -0.2) is 60.5 Å². The Hall–Kier alpha value is -3.14. The first kappa shape index (κ1) is 24.5. The van der Waals surface area contributed by atoms with Crippen molar-refractivity contribution in [1.29, 1.82) is 0 Å². The van der Waals surface area contributed by atoms with Crippen LogP contribution in [0.4, 0.5) is 36.4 Å². The lowest BCUT2D eigenvalue weighted by Gasteiger charge is -2.46. The van der Waals surface area contributed by atoms with Crippen LogP contribution in [0.5, 0.6) is 5.75 Å². The fourth-order valence-corrected chi connectivity index (χ4v) is 4.16. The average Bonchev–Trinajstić information content (AvgIpc) is 2.62. The summed E-state index contributed by atoms with van der Waals surface area (Å²) in [6.45, 7) is -2.18. The van der Waals surface area contributed by atoms with Gasteiger partial charge in [-0.3, -0.25) is 4.79 Å². The zero-order valence-electron chi connectivity index (χ0n) is 15.9. The van der Waals surface area contributed by atoms with Crippen molar-refractivity contribution in [1.82, 2.24) is 9.88 Å². The number of hydrogen-bond donors (Lipinski definition) is 2. The van der Waals surface area contributed by atoms with E-state index in [1.165, 1.54) is 0 Å². The summed E-state index contributed by atoms with van der Waals surface area (Å²) in [4.78, 5) is 14.6. The maximum atomic E-state index is 14.2. The molecule has 0 aliphatic carbocycles. The van der Waals surface area contributed by atoms with E-state index in [-0.39, 0.29) is 6.07 Å². The summed E-state index contributed by atoms with van der Waals surface area (Å²) < 4.78 is 118. The number of nitrogens with two attached hydrogens (primary N) is 1. The molecule has 1 aromatic heterocycles. The number of likely N-dealkylation sites (tertiary alicyclic amines) is 1. The minimum Gasteiger partial charge on any atom is -0.406 e. The Morgan fingerprint density at radius 3 is 2.24 bits per heavy atom. The van der Waals surface area contributed by atoms with E-state index in [4.69, 9.17) is 5.73 Å². The zero-order valence-corrected chi connectivity index (χ0v) is 16.7. The van der Waals surface area contributed by atoms with Gasteiger partial charge in [-0.25, -0.2) is 17.8 Å². The number of rotatable bonds is 4. The number of hydrogen-bond acceptors (Lipinski definition) is 7. The number of pyridine rings is 1. The number of sulfone groups is 1. The van der Waals surface area contributed by atoms with Crippen molar-refractivity contribution in [3.63, 3.8) is 0 Å². The van der Waals surface area contributed by atoms with Crippen LogP contribution in [0.3, 0.4) is 0 Å². The number of nitrogens with zero attached hydrogens (tertiary/aromatic N) is 2. The van der Waals surface area contributed by atoms with Crippen molar-refractivity contribution in [2.75, 3.05) is 18.8 Å². The van der Waals surface area contributed by atoms with E-state index >= 15 is 0 Å². The predicted octanol–water partition coefficient (Wildman–Crippen LogP) is 2.28. The predicted molar refractivity (Wildman–Crippen MR) is 94.1 cm³/mol. The Bertz CT molecular complexity index is 1210. The molecule has 180 valence electrons. The third-order valence-corrected chi connectivity index (χ3v) is 6.31. The Balaban J connectivity index is 1.84. The Labute approximate surface area is 180 Å². The summed E-state index contributed by atoms with van der Waals surface area (Å²) in [5, 5.41) is 9.41. The minimum atomic E-state index is -5.14. The number of anilines is 1. The fourth-order valence-electron chi connectivity index (χ4n) is 2.87. The Morgan fingerprint density at radius 1 is 1.15 bits per heavy atom. The highest BCUT2D eigenvalue weighted by Gasteiger charge is 2.62. The smallest absolute Gasteiger partial charge is 0.406 e. The van der Waals surface area contributed by atoms with Crippen molar-refractivity contribution < 1.29 is 53.8 Å². The number of β-amino-alcohol motifs (C(OH)–C–C–N with tert-alkyl or cyclic N) is 1. The molecule has 1 fully saturated rings. The third-order valence-electron chi connectivity index (χ3n) is 4.55. The average molecular weight is 503 g/mol. The number of aromatic nitrogens is 1. The fraction of sp³-hybridized carbons (Fsp3) is 0.294. The van der Waals surface area contributed by atoms with Gasteiger partial charge in [-0.05, 0) is 18.2 Å². The molecular formula is C17H12F7N3O5S. The lowest BCUT2D eigenvalue weighted by Crippen LogP contribution is -2.70. The number of carbonyl (C=O) groups is 1. The van der Waals surface area contributed by atoms with Gasteiger partial charge in [0, 0.05) is 12.3 Å². The van der Waals surface area contributed by atoms with Gasteiger partial charge in [0.05, 0.1) is 23.7 Å². The highest BCUT2D eigenvalue weighted by atomic mass is 32.2. The molecule has 1 amide bonds. The largest absolute Gasteiger partial charge is 0.573 e. The van der Waals surface area contributed by atoms with Crippen LogP contribution in [0.1, 0.15) is 10.5 Å². The van der Waals surface area contributed by atoms with Gasteiger partial charge < -0.3 is 20.5 Å². The van der Waals surface area contributed by atoms with E-state index in [9.17, 15) is 49.1 Å². The Morgan fingerprint density at radius 2 is 1.76 bits per heavy atom. The van der Waals surface area contributed by atoms with Gasteiger partial charge in [0.15, 0.2) is 11.3 Å². The number of nitrogen functional groups attached to an aromatic ring is 1. The lowest BCUT2D eigenvalue weighted by atomic mass is 9.93. The van der Waals surface area contributed by atoms with E-state index in [1.807, 2.05) is 0 Å². The molecule has 3 N–H and O–H groups in total. The molecule has 0 bridgehead atoms. The molecule has 3 rings (SSSR count). The molecule has 2 aromatic rings. The number of halogens is 7. The molecule has 33 heavy (non-hydrogen) atoms. The highest BCUT2D eigenvalue weighted by Crippen LogP contribution is 2.38. The van der Waals surface area contributed by atoms with Crippen LogP contribution in [0, 0.1) is 5.82 Å². The number of benzene rings is 1. The molecule has 0 spiro atoms. The summed E-state index contributed by atoms with van der Waals surface area (Å²) in [6, 6.07) is 1.95. The van der Waals surface area contributed by atoms with Gasteiger partial charge in [0.1, 0.15) is 16.5 Å². The SMILES string of the molecule is Nc1cc(S(=O)(=O)c2ccc(OC(F)(F)F)cc2F)cnc1C(=O)N1CC(O)(C(F)(F)F)C1. The lowest BCUT2D eigenvalue weighted by molar-refractivity contribution is -0.294. The molecule has 0 unspecified atom stereocenters. The van der Waals surface area contributed by atoms with Crippen molar-refractivity contribution in [3.05, 3.63) is 42.0 Å². The van der Waals surface area contributed by atoms with Crippen molar-refractivity contribution in [2.24, 2.45) is 0 Å². The summed E-state index contributed by atoms with van der Waals surface area (Å²) in [5.74, 6) is -3.71. The summed E-state index contributed by atoms with van der Waals surface area (Å²) in [6.07, 6.45) is -9.54. The van der Waals surface area contributed by atoms with E-state index in [0.717, 1.165) is 0 Å². The van der Waals surface area contributed by atoms with Crippen LogP contribution >= 0.6 is 0 Å². The first-order valence-electron chi connectivity index (χ1n) is 8.59. The maximum absolute atomic E-state index is 14.2. The first-order valence-corrected chi connectivity index (χ1v) is 10.1. The van der Waals surface area contributed by atoms with Gasteiger partial charge in [0.2, 0.25) is 9.84 Å². The monoisotopic (exact) mass is 503 g/mol. The quantitative estimate of drug-likeness (QED) is 0.614. The van der Waals surface area contributed by atoms with Gasteiger partial charge in [-0.15, -0.1) is 13.2 Å². The third kappa shape index (κ3) is 4.66. The molecule has 1 aliphatic rings. The van der Waals surface area contributed by atoms with Crippen LogP contribution < -0.4 is 10.5 Å². The van der Waals surface area contributed by atoms with Crippen LogP contribution in [-0.2, 0) is 9.84 Å². The van der Waals surface area contributed by atoms with E-state index < -0.39 is 79.7 Å². The molecule has 1 aliphatic heterocycles. The molecule has 16 heteroatoms. The van der Waals surface area contributed by atoms with Crippen LogP contribution in [0.25, 0.3) is 0 Å². The molecule has 2 heterocycles. The number of aliphatic hydroxyl groups is 1. The van der Waals surface area contributed by atoms with E-state index in [1.54, 1.807) is 0 Å². The summed E-state index contributed by atoms with van der Waals surface area (Å²) >= 11 is 0. The molecule has 8 nitrogen and oxygen atoms in total. The van der Waals surface area contributed by atoms with Gasteiger partial charge in [-0.2, -0.15) is 13.2 Å². The van der Waals surface area contributed by atoms with E-state index in [2.05, 4.69) is 9.72 Å². The molecule has 0 atom stereocenters. The summed E-state index contributed by atoms with van der Waals surface area (Å²) in [7, 11) is -4.71. The molecule has 1 aromatic carbocycles. The summed E-state index contributed by atoms with van der Waals surface area (Å²) in [5.41, 5.74) is 1.30. The maximum Gasteiger partial charge on any atom is 0.573 e. The van der Waals surface area contributed by atoms with Crippen molar-refractivity contribution >= 4 is 21.4 Å². The topological polar surface area (TPSA) is 123 Å². The van der Waals surface area contributed by atoms with Crippen molar-refractivity contribution in [3.8, 4) is 5.75 Å². The van der Waals surface area contributed by atoms with Crippen LogP contribution in [0.15, 0.2) is 40.3 Å². The van der Waals surface area contributed by atoms with Crippen LogP contribution in [0.2, 0.25) is 0 Å². The number of carbonyl (C=O) groups excluding carboxylic acids is 1. The normalized spacial score (nSPS) is 16.3. The first-order chi connectivity index (χ1) is 14.9. The Kier molecular flexibility index (Phi) is 5.73. The number of ether oxygens (including phenoxy) is 1. The van der Waals surface area contributed by atoms with E-state index in [0.29, 0.717) is 29.3 Å². The number of amides is 1. The molecule has 1 saturated heterocycles. The molecule has 0 radical (unpaired) electrons. The second-order valence-corrected chi connectivity index (χ2v) is 8.86. The number of alkyl halides is 6. The van der Waals surface area contributed by atoms with Gasteiger partial charge in [0.25, 0.3) is 5.91 Å². The second kappa shape index (κ2) is 7.72. The second-order valence-electron chi connectivity index (χ2n) is 6.94. The standard InChI is InChI=1S/C17H12F7N3O5S/c18-10-3-8(32-17(22,23)24)1-2-12(10)33(30,31)9-4-11(25)13(26-5-9)14(28)27-6-15(29,7-27)16(19,20)21/h1-5,29H,6-7,25H2. The minimum absolute atomic E-state index is 0.195. The molecule has 0 saturated carbocycles.